The first kappa shape index (κ1) is 16.2. The molecule has 1 aliphatic rings. The van der Waals surface area contributed by atoms with Crippen molar-refractivity contribution in [3.05, 3.63) is 73.1 Å². The number of aryl methyl sites for hydroxylation is 1. The summed E-state index contributed by atoms with van der Waals surface area (Å²) in [5.74, 6) is 0. The van der Waals surface area contributed by atoms with Gasteiger partial charge in [-0.05, 0) is 35.9 Å². The highest BCUT2D eigenvalue weighted by atomic mass is 32.1. The first-order valence-corrected chi connectivity index (χ1v) is 8.67. The molecule has 0 atom stereocenters. The van der Waals surface area contributed by atoms with E-state index in [-0.39, 0.29) is 17.1 Å². The molecule has 8 nitrogen and oxygen atoms in total. The first-order chi connectivity index (χ1) is 12.5. The minimum Gasteiger partial charge on any atom is -0.271 e. The van der Waals surface area contributed by atoms with E-state index in [0.717, 1.165) is 30.2 Å². The van der Waals surface area contributed by atoms with Gasteiger partial charge < -0.3 is 0 Å². The van der Waals surface area contributed by atoms with Gasteiger partial charge in [0.15, 0.2) is 0 Å². The van der Waals surface area contributed by atoms with E-state index in [9.17, 15) is 20.2 Å². The maximum atomic E-state index is 11.2. The van der Waals surface area contributed by atoms with Crippen molar-refractivity contribution in [3.8, 4) is 0 Å². The Balaban J connectivity index is 1.72. The van der Waals surface area contributed by atoms with Gasteiger partial charge in [0.1, 0.15) is 5.69 Å². The Bertz CT molecular complexity index is 1090. The molecule has 26 heavy (non-hydrogen) atoms. The van der Waals surface area contributed by atoms with Crippen molar-refractivity contribution in [2.24, 2.45) is 5.10 Å². The monoisotopic (exact) mass is 368 g/mol. The van der Waals surface area contributed by atoms with Crippen LogP contribution in [0.5, 0.6) is 0 Å². The maximum absolute atomic E-state index is 11.2. The van der Waals surface area contributed by atoms with Gasteiger partial charge in [-0.15, -0.1) is 11.3 Å². The molecule has 9 heteroatoms. The number of thiophene rings is 1. The molecule has 0 bridgehead atoms. The number of hydrogen-bond acceptors (Lipinski definition) is 7. The van der Waals surface area contributed by atoms with Crippen molar-refractivity contribution in [2.45, 2.75) is 12.8 Å². The van der Waals surface area contributed by atoms with Crippen molar-refractivity contribution in [3.63, 3.8) is 0 Å². The molecule has 0 spiro atoms. The second-order valence-corrected chi connectivity index (χ2v) is 6.74. The van der Waals surface area contributed by atoms with E-state index in [1.165, 1.54) is 27.8 Å². The lowest BCUT2D eigenvalue weighted by atomic mass is 9.91. The van der Waals surface area contributed by atoms with Gasteiger partial charge in [-0.25, -0.2) is 0 Å². The van der Waals surface area contributed by atoms with Gasteiger partial charge in [0.05, 0.1) is 21.6 Å². The number of non-ortho nitro benzene ring substituents is 1. The molecule has 0 radical (unpaired) electrons. The van der Waals surface area contributed by atoms with Gasteiger partial charge in [-0.2, -0.15) is 5.10 Å². The van der Waals surface area contributed by atoms with E-state index in [1.807, 2.05) is 12.1 Å². The van der Waals surface area contributed by atoms with Crippen molar-refractivity contribution < 1.29 is 9.85 Å². The molecule has 0 unspecified atom stereocenters. The van der Waals surface area contributed by atoms with Crippen LogP contribution in [0.3, 0.4) is 0 Å². The van der Waals surface area contributed by atoms with E-state index < -0.39 is 9.85 Å². The highest BCUT2D eigenvalue weighted by Crippen LogP contribution is 2.35. The molecule has 2 aromatic carbocycles. The van der Waals surface area contributed by atoms with Gasteiger partial charge in [-0.3, -0.25) is 25.7 Å². The molecule has 0 fully saturated rings. The molecule has 3 aromatic rings. The van der Waals surface area contributed by atoms with Crippen molar-refractivity contribution in [2.75, 3.05) is 5.43 Å². The Labute approximate surface area is 151 Å². The van der Waals surface area contributed by atoms with Gasteiger partial charge >= 0.3 is 5.69 Å². The number of nitrogens with zero attached hydrogens (tertiary/aromatic N) is 3. The molecule has 1 aromatic heterocycles. The summed E-state index contributed by atoms with van der Waals surface area (Å²) in [6, 6.07) is 9.47. The van der Waals surface area contributed by atoms with E-state index in [2.05, 4.69) is 22.0 Å². The largest absolute Gasteiger partial charge is 0.301 e. The predicted octanol–water partition coefficient (Wildman–Crippen LogP) is 4.48. The molecule has 0 aliphatic heterocycles. The number of hydrazone groups is 1. The molecule has 130 valence electrons. The number of rotatable bonds is 4. The Kier molecular flexibility index (Phi) is 3.85. The third kappa shape index (κ3) is 2.68. The van der Waals surface area contributed by atoms with Gasteiger partial charge in [0, 0.05) is 21.7 Å². The minimum atomic E-state index is -0.664. The lowest BCUT2D eigenvalue weighted by molar-refractivity contribution is -0.393. The van der Waals surface area contributed by atoms with Gasteiger partial charge in [0.2, 0.25) is 0 Å². The minimum absolute atomic E-state index is 0.122. The molecule has 1 heterocycles. The van der Waals surface area contributed by atoms with Crippen LogP contribution in [-0.2, 0) is 6.42 Å². The molecule has 1 N–H and O–H groups in total. The predicted molar refractivity (Wildman–Crippen MR) is 100 cm³/mol. The highest BCUT2D eigenvalue weighted by Gasteiger charge is 2.21. The van der Waals surface area contributed by atoms with Crippen LogP contribution in [-0.4, -0.2) is 15.6 Å². The van der Waals surface area contributed by atoms with Crippen LogP contribution in [0.25, 0.3) is 10.1 Å². The molecule has 1 aliphatic carbocycles. The highest BCUT2D eigenvalue weighted by molar-refractivity contribution is 7.17. The summed E-state index contributed by atoms with van der Waals surface area (Å²) in [7, 11) is 0. The van der Waals surface area contributed by atoms with Crippen LogP contribution in [0.2, 0.25) is 0 Å². The summed E-state index contributed by atoms with van der Waals surface area (Å²) in [6.45, 7) is 0. The van der Waals surface area contributed by atoms with Gasteiger partial charge in [0.25, 0.3) is 5.69 Å². The third-order valence-corrected chi connectivity index (χ3v) is 5.31. The number of nitro benzene ring substituents is 2. The molecular weight excluding hydrogens is 356 g/mol. The van der Waals surface area contributed by atoms with E-state index >= 15 is 0 Å². The van der Waals surface area contributed by atoms with Crippen molar-refractivity contribution in [1.29, 1.82) is 0 Å². The lowest BCUT2D eigenvalue weighted by Crippen LogP contribution is -2.11. The Morgan fingerprint density at radius 2 is 1.92 bits per heavy atom. The van der Waals surface area contributed by atoms with Crippen LogP contribution in [0.4, 0.5) is 17.1 Å². The summed E-state index contributed by atoms with van der Waals surface area (Å²) < 4.78 is 1.19. The lowest BCUT2D eigenvalue weighted by Gasteiger charge is -2.15. The topological polar surface area (TPSA) is 111 Å². The summed E-state index contributed by atoms with van der Waals surface area (Å²) >= 11 is 1.69. The smallest absolute Gasteiger partial charge is 0.271 e. The maximum Gasteiger partial charge on any atom is 0.301 e. The number of nitrogens with one attached hydrogen (secondary N) is 1. The van der Waals surface area contributed by atoms with Crippen LogP contribution in [0, 0.1) is 20.2 Å². The fourth-order valence-corrected chi connectivity index (χ4v) is 4.11. The van der Waals surface area contributed by atoms with Crippen LogP contribution >= 0.6 is 11.3 Å². The molecule has 0 saturated carbocycles. The fourth-order valence-electron chi connectivity index (χ4n) is 3.09. The summed E-state index contributed by atoms with van der Waals surface area (Å²) in [6.07, 6.45) is 1.58. The average molecular weight is 368 g/mol. The Morgan fingerprint density at radius 1 is 1.08 bits per heavy atom. The molecule has 0 saturated heterocycles. The number of nitro groups is 2. The Morgan fingerprint density at radius 3 is 2.69 bits per heavy atom. The molecular formula is C17H12N4O4S. The van der Waals surface area contributed by atoms with Crippen LogP contribution < -0.4 is 5.43 Å². The summed E-state index contributed by atoms with van der Waals surface area (Å²) in [4.78, 5) is 20.7. The van der Waals surface area contributed by atoms with Crippen LogP contribution in [0.1, 0.15) is 17.5 Å². The zero-order valence-corrected chi connectivity index (χ0v) is 14.2. The number of hydrogen-bond donors (Lipinski definition) is 1. The SMILES string of the molecule is O=[N+]([O-])c1ccc(N/N=C2/CCc3csc4cccc2c34)c([N+](=O)[O-])c1. The van der Waals surface area contributed by atoms with Gasteiger partial charge in [-0.1, -0.05) is 12.1 Å². The quantitative estimate of drug-likeness (QED) is 0.539. The fraction of sp³-hybridized carbons (Fsp3) is 0.118. The van der Waals surface area contributed by atoms with Crippen molar-refractivity contribution >= 4 is 44.2 Å². The summed E-state index contributed by atoms with van der Waals surface area (Å²) in [5, 5.41) is 29.8. The first-order valence-electron chi connectivity index (χ1n) is 7.79. The standard InChI is InChI=1S/C17H12N4O4S/c22-20(23)11-5-7-14(15(8-11)21(24)25)19-18-13-6-4-10-9-26-16-3-1-2-12(13)17(10)16/h1-3,5,7-9,19H,4,6H2/b18-13-. The normalized spacial score (nSPS) is 14.5. The number of anilines is 1. The second kappa shape index (κ2) is 6.19. The van der Waals surface area contributed by atoms with E-state index in [1.54, 1.807) is 11.3 Å². The summed E-state index contributed by atoms with van der Waals surface area (Å²) in [5.41, 5.74) is 5.25. The van der Waals surface area contributed by atoms with Crippen molar-refractivity contribution in [1.82, 2.24) is 0 Å². The number of benzene rings is 2. The molecule has 4 rings (SSSR count). The zero-order valence-electron chi connectivity index (χ0n) is 13.3. The zero-order chi connectivity index (χ0) is 18.3. The third-order valence-electron chi connectivity index (χ3n) is 4.32. The van der Waals surface area contributed by atoms with Crippen LogP contribution in [0.15, 0.2) is 46.9 Å². The average Bonchev–Trinajstić information content (AvgIpc) is 3.06. The van der Waals surface area contributed by atoms with E-state index in [4.69, 9.17) is 0 Å². The second-order valence-electron chi connectivity index (χ2n) is 5.83. The van der Waals surface area contributed by atoms with E-state index in [0.29, 0.717) is 0 Å². The molecule has 0 amide bonds. The Hall–Kier alpha value is -3.33.